The Bertz CT molecular complexity index is 1070. The number of hydrogen-bond donors (Lipinski definition) is 2. The molecule has 0 unspecified atom stereocenters. The van der Waals surface area contributed by atoms with Crippen molar-refractivity contribution in [3.05, 3.63) is 97.5 Å². The third kappa shape index (κ3) is 5.25. The van der Waals surface area contributed by atoms with Gasteiger partial charge in [-0.05, 0) is 54.3 Å². The van der Waals surface area contributed by atoms with Gasteiger partial charge in [-0.2, -0.15) is 0 Å². The minimum Gasteiger partial charge on any atom is -0.478 e. The summed E-state index contributed by atoms with van der Waals surface area (Å²) in [5.41, 5.74) is 2.61. The summed E-state index contributed by atoms with van der Waals surface area (Å²) in [6, 6.07) is 16.6. The Hall–Kier alpha value is -3.09. The molecule has 0 saturated carbocycles. The van der Waals surface area contributed by atoms with Crippen LogP contribution in [0.3, 0.4) is 0 Å². The van der Waals surface area contributed by atoms with Crippen LogP contribution in [-0.2, 0) is 12.8 Å². The zero-order chi connectivity index (χ0) is 21.0. The molecule has 3 rings (SSSR count). The van der Waals surface area contributed by atoms with E-state index in [0.29, 0.717) is 15.7 Å². The van der Waals surface area contributed by atoms with Gasteiger partial charge in [0, 0.05) is 27.9 Å². The number of halogens is 2. The Morgan fingerprint density at radius 3 is 2.34 bits per heavy atom. The number of nitro groups is 1. The number of aromatic carboxylic acids is 1. The molecular formula is C21H16Cl2N2O4. The molecule has 0 spiro atoms. The molecule has 8 heteroatoms. The van der Waals surface area contributed by atoms with E-state index in [2.05, 4.69) is 5.32 Å². The SMILES string of the molecule is O=C(O)c1cc([N+](=O)[O-])ccc1Nc1ccc(CCc2ccc(Cl)cc2Cl)cc1. The smallest absolute Gasteiger partial charge is 0.338 e. The van der Waals surface area contributed by atoms with Crippen LogP contribution in [0.2, 0.25) is 10.0 Å². The molecule has 148 valence electrons. The maximum atomic E-state index is 11.4. The molecule has 6 nitrogen and oxygen atoms in total. The lowest BCUT2D eigenvalue weighted by atomic mass is 10.0. The van der Waals surface area contributed by atoms with Crippen molar-refractivity contribution in [3.63, 3.8) is 0 Å². The quantitative estimate of drug-likeness (QED) is 0.347. The van der Waals surface area contributed by atoms with Gasteiger partial charge in [0.1, 0.15) is 0 Å². The summed E-state index contributed by atoms with van der Waals surface area (Å²) < 4.78 is 0. The molecule has 3 aromatic rings. The van der Waals surface area contributed by atoms with Crippen molar-refractivity contribution in [2.45, 2.75) is 12.8 Å². The fourth-order valence-corrected chi connectivity index (χ4v) is 3.35. The van der Waals surface area contributed by atoms with Gasteiger partial charge in [-0.1, -0.05) is 41.4 Å². The first-order valence-electron chi connectivity index (χ1n) is 8.65. The van der Waals surface area contributed by atoms with E-state index in [1.807, 2.05) is 30.3 Å². The Morgan fingerprint density at radius 2 is 1.72 bits per heavy atom. The van der Waals surface area contributed by atoms with Gasteiger partial charge in [-0.25, -0.2) is 4.79 Å². The number of aryl methyl sites for hydroxylation is 2. The van der Waals surface area contributed by atoms with Gasteiger partial charge in [0.2, 0.25) is 0 Å². The van der Waals surface area contributed by atoms with Gasteiger partial charge in [-0.15, -0.1) is 0 Å². The van der Waals surface area contributed by atoms with Crippen molar-refractivity contribution < 1.29 is 14.8 Å². The van der Waals surface area contributed by atoms with Crippen molar-refractivity contribution in [1.82, 2.24) is 0 Å². The summed E-state index contributed by atoms with van der Waals surface area (Å²) in [6.45, 7) is 0. The van der Waals surface area contributed by atoms with E-state index < -0.39 is 10.9 Å². The molecule has 0 aliphatic rings. The maximum absolute atomic E-state index is 11.4. The molecule has 2 N–H and O–H groups in total. The van der Waals surface area contributed by atoms with Gasteiger partial charge in [0.25, 0.3) is 5.69 Å². The first kappa shape index (κ1) is 20.6. The number of anilines is 2. The predicted molar refractivity (Wildman–Crippen MR) is 114 cm³/mol. The lowest BCUT2D eigenvalue weighted by molar-refractivity contribution is -0.384. The van der Waals surface area contributed by atoms with Crippen LogP contribution >= 0.6 is 23.2 Å². The monoisotopic (exact) mass is 430 g/mol. The van der Waals surface area contributed by atoms with E-state index >= 15 is 0 Å². The highest BCUT2D eigenvalue weighted by Crippen LogP contribution is 2.26. The number of rotatable bonds is 7. The highest BCUT2D eigenvalue weighted by Gasteiger charge is 2.16. The molecule has 0 aliphatic heterocycles. The number of carboxylic acids is 1. The second-order valence-corrected chi connectivity index (χ2v) is 7.19. The molecule has 0 saturated heterocycles. The average molecular weight is 431 g/mol. The highest BCUT2D eigenvalue weighted by molar-refractivity contribution is 6.35. The van der Waals surface area contributed by atoms with Gasteiger partial charge in [0.05, 0.1) is 16.2 Å². The number of carbonyl (C=O) groups is 1. The third-order valence-corrected chi connectivity index (χ3v) is 4.96. The van der Waals surface area contributed by atoms with E-state index in [0.717, 1.165) is 30.0 Å². The second kappa shape index (κ2) is 8.94. The number of nitrogens with zero attached hydrogens (tertiary/aromatic N) is 1. The second-order valence-electron chi connectivity index (χ2n) is 6.35. The molecule has 29 heavy (non-hydrogen) atoms. The summed E-state index contributed by atoms with van der Waals surface area (Å²) in [4.78, 5) is 21.7. The Morgan fingerprint density at radius 1 is 1.00 bits per heavy atom. The first-order valence-corrected chi connectivity index (χ1v) is 9.40. The molecular weight excluding hydrogens is 415 g/mol. The minimum atomic E-state index is -1.24. The van der Waals surface area contributed by atoms with Crippen molar-refractivity contribution >= 4 is 46.2 Å². The molecule has 0 radical (unpaired) electrons. The fourth-order valence-electron chi connectivity index (χ4n) is 2.85. The van der Waals surface area contributed by atoms with Crippen LogP contribution < -0.4 is 5.32 Å². The van der Waals surface area contributed by atoms with Crippen LogP contribution in [-0.4, -0.2) is 16.0 Å². The fraction of sp³-hybridized carbons (Fsp3) is 0.0952. The zero-order valence-electron chi connectivity index (χ0n) is 15.1. The summed E-state index contributed by atoms with van der Waals surface area (Å²) in [5, 5.41) is 24.4. The molecule has 0 atom stereocenters. The summed E-state index contributed by atoms with van der Waals surface area (Å²) in [7, 11) is 0. The van der Waals surface area contributed by atoms with Crippen LogP contribution in [0.5, 0.6) is 0 Å². The topological polar surface area (TPSA) is 92.5 Å². The van der Waals surface area contributed by atoms with Crippen molar-refractivity contribution in [2.24, 2.45) is 0 Å². The molecule has 0 amide bonds. The Kier molecular flexibility index (Phi) is 6.36. The number of hydrogen-bond acceptors (Lipinski definition) is 4. The van der Waals surface area contributed by atoms with Gasteiger partial charge >= 0.3 is 5.97 Å². The third-order valence-electron chi connectivity index (χ3n) is 4.38. The predicted octanol–water partition coefficient (Wildman–Crippen LogP) is 6.13. The van der Waals surface area contributed by atoms with Crippen LogP contribution in [0.15, 0.2) is 60.7 Å². The van der Waals surface area contributed by atoms with Gasteiger partial charge in [0.15, 0.2) is 0 Å². The summed E-state index contributed by atoms with van der Waals surface area (Å²) in [5.74, 6) is -1.24. The molecule has 0 aliphatic carbocycles. The Balaban J connectivity index is 1.70. The van der Waals surface area contributed by atoms with Crippen molar-refractivity contribution in [2.75, 3.05) is 5.32 Å². The number of benzene rings is 3. The summed E-state index contributed by atoms with van der Waals surface area (Å²) >= 11 is 12.1. The molecule has 0 aromatic heterocycles. The molecule has 0 heterocycles. The number of non-ortho nitro benzene ring substituents is 1. The minimum absolute atomic E-state index is 0.166. The molecule has 3 aromatic carbocycles. The van der Waals surface area contributed by atoms with E-state index in [1.54, 1.807) is 12.1 Å². The van der Waals surface area contributed by atoms with Crippen LogP contribution in [0, 0.1) is 10.1 Å². The van der Waals surface area contributed by atoms with E-state index in [-0.39, 0.29) is 16.9 Å². The largest absolute Gasteiger partial charge is 0.478 e. The number of carboxylic acid groups (broad SMARTS) is 1. The van der Waals surface area contributed by atoms with Crippen LogP contribution in [0.25, 0.3) is 0 Å². The van der Waals surface area contributed by atoms with Crippen molar-refractivity contribution in [3.8, 4) is 0 Å². The van der Waals surface area contributed by atoms with Gasteiger partial charge < -0.3 is 10.4 Å². The lowest BCUT2D eigenvalue weighted by Crippen LogP contribution is -2.04. The number of nitrogens with one attached hydrogen (secondary N) is 1. The lowest BCUT2D eigenvalue weighted by Gasteiger charge is -2.11. The van der Waals surface area contributed by atoms with Gasteiger partial charge in [-0.3, -0.25) is 10.1 Å². The molecule has 0 fully saturated rings. The van der Waals surface area contributed by atoms with E-state index in [4.69, 9.17) is 23.2 Å². The Labute approximate surface area is 176 Å². The van der Waals surface area contributed by atoms with Crippen LogP contribution in [0.1, 0.15) is 21.5 Å². The summed E-state index contributed by atoms with van der Waals surface area (Å²) in [6.07, 6.45) is 1.54. The average Bonchev–Trinajstić information content (AvgIpc) is 2.68. The normalized spacial score (nSPS) is 10.6. The number of nitro benzene ring substituents is 1. The molecule has 0 bridgehead atoms. The van der Waals surface area contributed by atoms with E-state index in [1.165, 1.54) is 12.1 Å². The highest BCUT2D eigenvalue weighted by atomic mass is 35.5. The first-order chi connectivity index (χ1) is 13.8. The standard InChI is InChI=1S/C21H16Cl2N2O4/c22-15-6-5-14(19(23)11-15)4-1-13-2-7-16(8-3-13)24-20-10-9-17(25(28)29)12-18(20)21(26)27/h2-3,5-12,24H,1,4H2,(H,26,27). The van der Waals surface area contributed by atoms with Crippen molar-refractivity contribution in [1.29, 1.82) is 0 Å². The maximum Gasteiger partial charge on any atom is 0.338 e. The zero-order valence-corrected chi connectivity index (χ0v) is 16.6. The van der Waals surface area contributed by atoms with E-state index in [9.17, 15) is 20.0 Å². The van der Waals surface area contributed by atoms with Crippen LogP contribution in [0.4, 0.5) is 17.1 Å².